The largest absolute Gasteiger partial charge is 0.493 e. The minimum Gasteiger partial charge on any atom is -0.493 e. The van der Waals surface area contributed by atoms with E-state index >= 15 is 0 Å². The first-order valence-electron chi connectivity index (χ1n) is 10.2. The molecule has 0 aliphatic heterocycles. The molecular weight excluding hydrogens is 410 g/mol. The van der Waals surface area contributed by atoms with Crippen LogP contribution in [0.15, 0.2) is 76.2 Å². The molecule has 0 saturated heterocycles. The monoisotopic (exact) mass is 433 g/mol. The Morgan fingerprint density at radius 1 is 1.12 bits per heavy atom. The number of carbonyl (C=O) groups excluding carboxylic acids is 1. The lowest BCUT2D eigenvalue weighted by atomic mass is 10.2. The Morgan fingerprint density at radius 3 is 2.81 bits per heavy atom. The molecule has 0 saturated carbocycles. The molecular formula is C24H23N3O5. The van der Waals surface area contributed by atoms with Crippen LogP contribution < -0.4 is 20.5 Å². The van der Waals surface area contributed by atoms with E-state index in [0.717, 1.165) is 11.1 Å². The molecule has 0 atom stereocenters. The molecule has 2 aromatic heterocycles. The predicted molar refractivity (Wildman–Crippen MR) is 120 cm³/mol. The molecule has 2 heterocycles. The Bertz CT molecular complexity index is 1260. The number of nitrogens with one attached hydrogen (secondary N) is 1. The molecule has 1 N–H and O–H groups in total. The van der Waals surface area contributed by atoms with E-state index in [4.69, 9.17) is 13.9 Å². The first kappa shape index (κ1) is 21.2. The van der Waals surface area contributed by atoms with Crippen LogP contribution in [0.2, 0.25) is 0 Å². The van der Waals surface area contributed by atoms with E-state index < -0.39 is 5.76 Å². The maximum atomic E-state index is 12.4. The molecule has 0 unspecified atom stereocenters. The van der Waals surface area contributed by atoms with Gasteiger partial charge in [0.1, 0.15) is 6.61 Å². The molecule has 0 aliphatic rings. The fraction of sp³-hybridized carbons (Fsp3) is 0.208. The molecule has 0 fully saturated rings. The van der Waals surface area contributed by atoms with Gasteiger partial charge in [-0.1, -0.05) is 18.2 Å². The van der Waals surface area contributed by atoms with Crippen molar-refractivity contribution in [3.63, 3.8) is 0 Å². The van der Waals surface area contributed by atoms with Crippen LogP contribution in [0.1, 0.15) is 18.4 Å². The molecule has 8 nitrogen and oxygen atoms in total. The van der Waals surface area contributed by atoms with Crippen molar-refractivity contribution in [2.24, 2.45) is 0 Å². The molecule has 0 bridgehead atoms. The summed E-state index contributed by atoms with van der Waals surface area (Å²) in [4.78, 5) is 28.5. The summed E-state index contributed by atoms with van der Waals surface area (Å²) < 4.78 is 18.0. The number of hydrogen-bond donors (Lipinski definition) is 1. The van der Waals surface area contributed by atoms with Crippen molar-refractivity contribution < 1.29 is 18.7 Å². The molecule has 4 rings (SSSR count). The number of oxazole rings is 1. The van der Waals surface area contributed by atoms with Crippen LogP contribution >= 0.6 is 0 Å². The number of aromatic nitrogens is 2. The highest BCUT2D eigenvalue weighted by molar-refractivity contribution is 5.91. The van der Waals surface area contributed by atoms with E-state index in [0.29, 0.717) is 42.3 Å². The molecule has 164 valence electrons. The summed E-state index contributed by atoms with van der Waals surface area (Å²) in [6, 6.07) is 16.2. The SMILES string of the molecule is COc1ccc(NC(=O)CCCn2c(=O)oc3ccccc32)cc1OCc1cccnc1. The summed E-state index contributed by atoms with van der Waals surface area (Å²) >= 11 is 0. The minimum absolute atomic E-state index is 0.158. The number of pyridine rings is 1. The van der Waals surface area contributed by atoms with Gasteiger partial charge in [-0.25, -0.2) is 4.79 Å². The quantitative estimate of drug-likeness (QED) is 0.429. The highest BCUT2D eigenvalue weighted by Crippen LogP contribution is 2.31. The number of para-hydroxylation sites is 2. The van der Waals surface area contributed by atoms with Crippen molar-refractivity contribution in [2.75, 3.05) is 12.4 Å². The summed E-state index contributed by atoms with van der Waals surface area (Å²) in [5, 5.41) is 2.87. The smallest absolute Gasteiger partial charge is 0.419 e. The fourth-order valence-corrected chi connectivity index (χ4v) is 3.36. The second kappa shape index (κ2) is 9.82. The third kappa shape index (κ3) is 4.97. The number of rotatable bonds is 9. The molecule has 32 heavy (non-hydrogen) atoms. The van der Waals surface area contributed by atoms with Crippen molar-refractivity contribution in [1.29, 1.82) is 0 Å². The van der Waals surface area contributed by atoms with Gasteiger partial charge in [-0.3, -0.25) is 14.3 Å². The average molecular weight is 433 g/mol. The van der Waals surface area contributed by atoms with Crippen LogP contribution in [0.5, 0.6) is 11.5 Å². The van der Waals surface area contributed by atoms with E-state index in [2.05, 4.69) is 10.3 Å². The van der Waals surface area contributed by atoms with Crippen molar-refractivity contribution in [3.05, 3.63) is 83.1 Å². The van der Waals surface area contributed by atoms with E-state index in [9.17, 15) is 9.59 Å². The van der Waals surface area contributed by atoms with Gasteiger partial charge in [0.05, 0.1) is 12.6 Å². The molecule has 4 aromatic rings. The maximum Gasteiger partial charge on any atom is 0.419 e. The Hall–Kier alpha value is -4.07. The lowest BCUT2D eigenvalue weighted by Gasteiger charge is -2.13. The maximum absolute atomic E-state index is 12.4. The van der Waals surface area contributed by atoms with Crippen LogP contribution in [0.25, 0.3) is 11.1 Å². The van der Waals surface area contributed by atoms with Gasteiger partial charge in [0.15, 0.2) is 17.1 Å². The normalized spacial score (nSPS) is 10.8. The zero-order valence-corrected chi connectivity index (χ0v) is 17.6. The average Bonchev–Trinajstić information content (AvgIpc) is 3.13. The van der Waals surface area contributed by atoms with Crippen molar-refractivity contribution >= 4 is 22.7 Å². The van der Waals surface area contributed by atoms with Crippen LogP contribution in [0, 0.1) is 0 Å². The summed E-state index contributed by atoms with van der Waals surface area (Å²) in [6.45, 7) is 0.723. The predicted octanol–water partition coefficient (Wildman–Crippen LogP) is 4.00. The van der Waals surface area contributed by atoms with Crippen LogP contribution in [0.4, 0.5) is 5.69 Å². The van der Waals surface area contributed by atoms with Crippen molar-refractivity contribution in [1.82, 2.24) is 9.55 Å². The topological polar surface area (TPSA) is 95.6 Å². The number of hydrogen-bond acceptors (Lipinski definition) is 6. The highest BCUT2D eigenvalue weighted by atomic mass is 16.5. The standard InChI is InChI=1S/C24H23N3O5/c1-30-21-11-10-18(14-22(21)31-16-17-6-4-12-25-15-17)26-23(28)9-5-13-27-19-7-2-3-8-20(19)32-24(27)29/h2-4,6-8,10-12,14-15H,5,9,13,16H2,1H3,(H,26,28). The number of amides is 1. The second-order valence-electron chi connectivity index (χ2n) is 7.15. The van der Waals surface area contributed by atoms with Gasteiger partial charge >= 0.3 is 5.76 Å². The third-order valence-electron chi connectivity index (χ3n) is 4.92. The molecule has 2 aromatic carbocycles. The van der Waals surface area contributed by atoms with Crippen molar-refractivity contribution in [2.45, 2.75) is 26.0 Å². The van der Waals surface area contributed by atoms with Gasteiger partial charge < -0.3 is 19.2 Å². The number of carbonyl (C=O) groups is 1. The number of aryl methyl sites for hydroxylation is 1. The Balaban J connectivity index is 1.35. The molecule has 0 radical (unpaired) electrons. The van der Waals surface area contributed by atoms with Gasteiger partial charge in [0.25, 0.3) is 0 Å². The van der Waals surface area contributed by atoms with Gasteiger partial charge in [-0.2, -0.15) is 0 Å². The summed E-state index contributed by atoms with van der Waals surface area (Å²) in [7, 11) is 1.56. The van der Waals surface area contributed by atoms with E-state index in [1.54, 1.807) is 48.3 Å². The Labute approximate surface area is 184 Å². The summed E-state index contributed by atoms with van der Waals surface area (Å²) in [5.41, 5.74) is 2.79. The van der Waals surface area contributed by atoms with Crippen molar-refractivity contribution in [3.8, 4) is 11.5 Å². The van der Waals surface area contributed by atoms with Gasteiger partial charge in [-0.05, 0) is 36.8 Å². The number of fused-ring (bicyclic) bond motifs is 1. The summed E-state index contributed by atoms with van der Waals surface area (Å²) in [6.07, 6.45) is 4.18. The molecule has 0 aliphatic carbocycles. The van der Waals surface area contributed by atoms with E-state index in [-0.39, 0.29) is 12.3 Å². The number of benzene rings is 2. The van der Waals surface area contributed by atoms with Gasteiger partial charge in [0, 0.05) is 42.7 Å². The van der Waals surface area contributed by atoms with Crippen LogP contribution in [0.3, 0.4) is 0 Å². The lowest BCUT2D eigenvalue weighted by Crippen LogP contribution is -2.17. The Morgan fingerprint density at radius 2 is 2.00 bits per heavy atom. The summed E-state index contributed by atoms with van der Waals surface area (Å²) in [5.74, 6) is 0.509. The second-order valence-corrected chi connectivity index (χ2v) is 7.15. The Kier molecular flexibility index (Phi) is 6.50. The van der Waals surface area contributed by atoms with Crippen LogP contribution in [-0.2, 0) is 17.9 Å². The zero-order valence-electron chi connectivity index (χ0n) is 17.6. The number of methoxy groups -OCH3 is 1. The zero-order chi connectivity index (χ0) is 22.3. The molecule has 1 amide bonds. The van der Waals surface area contributed by atoms with Crippen LogP contribution in [-0.4, -0.2) is 22.6 Å². The van der Waals surface area contributed by atoms with Gasteiger partial charge in [-0.15, -0.1) is 0 Å². The first-order chi connectivity index (χ1) is 15.6. The molecule has 0 spiro atoms. The third-order valence-corrected chi connectivity index (χ3v) is 4.92. The number of nitrogens with zero attached hydrogens (tertiary/aromatic N) is 2. The number of ether oxygens (including phenoxy) is 2. The fourth-order valence-electron chi connectivity index (χ4n) is 3.36. The number of anilines is 1. The van der Waals surface area contributed by atoms with E-state index in [1.165, 1.54) is 0 Å². The van der Waals surface area contributed by atoms with Gasteiger partial charge in [0.2, 0.25) is 5.91 Å². The molecule has 8 heteroatoms. The lowest BCUT2D eigenvalue weighted by molar-refractivity contribution is -0.116. The van der Waals surface area contributed by atoms with E-state index in [1.807, 2.05) is 30.3 Å². The highest BCUT2D eigenvalue weighted by Gasteiger charge is 2.11. The first-order valence-corrected chi connectivity index (χ1v) is 10.2. The minimum atomic E-state index is -0.419.